The van der Waals surface area contributed by atoms with Crippen LogP contribution < -0.4 is 5.56 Å². The summed E-state index contributed by atoms with van der Waals surface area (Å²) in [6.07, 6.45) is 2.74. The normalized spacial score (nSPS) is 10.4. The highest BCUT2D eigenvalue weighted by molar-refractivity contribution is 7.12. The SMILES string of the molecule is CCc1ccn(-c2cccs2)c(=O)c1. The van der Waals surface area contributed by atoms with Crippen LogP contribution >= 0.6 is 11.3 Å². The van der Waals surface area contributed by atoms with Gasteiger partial charge in [0.25, 0.3) is 5.56 Å². The molecule has 0 N–H and O–H groups in total. The molecule has 0 aliphatic heterocycles. The van der Waals surface area contributed by atoms with Gasteiger partial charge in [0.1, 0.15) is 5.00 Å². The fraction of sp³-hybridized carbons (Fsp3) is 0.182. The summed E-state index contributed by atoms with van der Waals surface area (Å²) in [6, 6.07) is 7.57. The first kappa shape index (κ1) is 9.21. The summed E-state index contributed by atoms with van der Waals surface area (Å²) in [5.41, 5.74) is 1.13. The third-order valence-electron chi connectivity index (χ3n) is 2.14. The molecule has 0 atom stereocenters. The van der Waals surface area contributed by atoms with Gasteiger partial charge in [-0.2, -0.15) is 0 Å². The van der Waals surface area contributed by atoms with Crippen LogP contribution in [0.5, 0.6) is 0 Å². The van der Waals surface area contributed by atoms with Crippen molar-refractivity contribution in [2.45, 2.75) is 13.3 Å². The molecule has 72 valence electrons. The summed E-state index contributed by atoms with van der Waals surface area (Å²) in [6.45, 7) is 2.05. The molecule has 2 aromatic rings. The average molecular weight is 205 g/mol. The minimum atomic E-state index is 0.0480. The van der Waals surface area contributed by atoms with Crippen LogP contribution in [0.15, 0.2) is 40.6 Å². The number of aryl methyl sites for hydroxylation is 1. The third-order valence-corrected chi connectivity index (χ3v) is 3.00. The quantitative estimate of drug-likeness (QED) is 0.738. The van der Waals surface area contributed by atoms with E-state index in [1.807, 2.05) is 36.7 Å². The molecule has 0 fully saturated rings. The van der Waals surface area contributed by atoms with Crippen LogP contribution in [-0.4, -0.2) is 4.57 Å². The van der Waals surface area contributed by atoms with Crippen LogP contribution in [0.2, 0.25) is 0 Å². The standard InChI is InChI=1S/C11H11NOS/c1-2-9-5-6-12(10(13)8-9)11-4-3-7-14-11/h3-8H,2H2,1H3. The fourth-order valence-corrected chi connectivity index (χ4v) is 2.05. The molecule has 0 radical (unpaired) electrons. The molecule has 2 rings (SSSR count). The Morgan fingerprint density at radius 1 is 1.43 bits per heavy atom. The lowest BCUT2D eigenvalue weighted by Gasteiger charge is -2.02. The van der Waals surface area contributed by atoms with Crippen molar-refractivity contribution in [3.8, 4) is 5.00 Å². The number of hydrogen-bond acceptors (Lipinski definition) is 2. The van der Waals surface area contributed by atoms with E-state index in [1.54, 1.807) is 22.0 Å². The molecule has 2 aromatic heterocycles. The number of nitrogens with zero attached hydrogens (tertiary/aromatic N) is 1. The maximum absolute atomic E-state index is 11.7. The number of aromatic nitrogens is 1. The number of thiophene rings is 1. The van der Waals surface area contributed by atoms with Gasteiger partial charge in [-0.25, -0.2) is 0 Å². The van der Waals surface area contributed by atoms with Gasteiger partial charge < -0.3 is 0 Å². The van der Waals surface area contributed by atoms with Gasteiger partial charge in [-0.1, -0.05) is 6.92 Å². The molecule has 2 nitrogen and oxygen atoms in total. The van der Waals surface area contributed by atoms with Gasteiger partial charge >= 0.3 is 0 Å². The van der Waals surface area contributed by atoms with Crippen molar-refractivity contribution < 1.29 is 0 Å². The van der Waals surface area contributed by atoms with E-state index in [2.05, 4.69) is 0 Å². The van der Waals surface area contributed by atoms with Gasteiger partial charge in [-0.3, -0.25) is 9.36 Å². The highest BCUT2D eigenvalue weighted by Gasteiger charge is 2.00. The van der Waals surface area contributed by atoms with Crippen LogP contribution in [0.4, 0.5) is 0 Å². The first-order valence-corrected chi connectivity index (χ1v) is 5.44. The summed E-state index contributed by atoms with van der Waals surface area (Å²) in [5, 5.41) is 2.94. The maximum atomic E-state index is 11.7. The van der Waals surface area contributed by atoms with E-state index in [9.17, 15) is 4.79 Å². The monoisotopic (exact) mass is 205 g/mol. The van der Waals surface area contributed by atoms with Gasteiger partial charge in [-0.05, 0) is 35.6 Å². The third kappa shape index (κ3) is 1.63. The first-order valence-electron chi connectivity index (χ1n) is 4.56. The summed E-state index contributed by atoms with van der Waals surface area (Å²) in [5.74, 6) is 0. The lowest BCUT2D eigenvalue weighted by atomic mass is 10.2. The first-order chi connectivity index (χ1) is 6.81. The molecule has 0 saturated heterocycles. The predicted molar refractivity (Wildman–Crippen MR) is 59.3 cm³/mol. The minimum absolute atomic E-state index is 0.0480. The van der Waals surface area contributed by atoms with Crippen molar-refractivity contribution in [1.29, 1.82) is 0 Å². The predicted octanol–water partition coefficient (Wildman–Crippen LogP) is 2.46. The molecule has 2 heterocycles. The van der Waals surface area contributed by atoms with Gasteiger partial charge in [0, 0.05) is 12.3 Å². The van der Waals surface area contributed by atoms with Crippen LogP contribution in [0, 0.1) is 0 Å². The topological polar surface area (TPSA) is 22.0 Å². The Kier molecular flexibility index (Phi) is 2.50. The van der Waals surface area contributed by atoms with Crippen molar-refractivity contribution >= 4 is 11.3 Å². The lowest BCUT2D eigenvalue weighted by Crippen LogP contribution is -2.15. The average Bonchev–Trinajstić information content (AvgIpc) is 2.70. The van der Waals surface area contributed by atoms with E-state index in [0.717, 1.165) is 17.0 Å². The molecule has 0 amide bonds. The minimum Gasteiger partial charge on any atom is -0.275 e. The highest BCUT2D eigenvalue weighted by atomic mass is 32.1. The van der Waals surface area contributed by atoms with Gasteiger partial charge in [0.2, 0.25) is 0 Å². The molecule has 0 bridgehead atoms. The van der Waals surface area contributed by atoms with Crippen molar-refractivity contribution in [2.75, 3.05) is 0 Å². The Bertz CT molecular complexity index is 470. The lowest BCUT2D eigenvalue weighted by molar-refractivity contribution is 0.984. The van der Waals surface area contributed by atoms with Crippen molar-refractivity contribution in [3.63, 3.8) is 0 Å². The molecule has 0 aliphatic carbocycles. The van der Waals surface area contributed by atoms with Gasteiger partial charge in [0.15, 0.2) is 0 Å². The largest absolute Gasteiger partial charge is 0.275 e. The zero-order valence-corrected chi connectivity index (χ0v) is 8.75. The van der Waals surface area contributed by atoms with Crippen LogP contribution in [0.25, 0.3) is 5.00 Å². The van der Waals surface area contributed by atoms with E-state index < -0.39 is 0 Å². The van der Waals surface area contributed by atoms with E-state index in [1.165, 1.54) is 0 Å². The maximum Gasteiger partial charge on any atom is 0.255 e. The second-order valence-corrected chi connectivity index (χ2v) is 3.97. The summed E-state index contributed by atoms with van der Waals surface area (Å²) in [7, 11) is 0. The van der Waals surface area contributed by atoms with Crippen molar-refractivity contribution in [2.24, 2.45) is 0 Å². The van der Waals surface area contributed by atoms with E-state index in [0.29, 0.717) is 0 Å². The van der Waals surface area contributed by atoms with Crippen LogP contribution in [0.3, 0.4) is 0 Å². The molecule has 14 heavy (non-hydrogen) atoms. The van der Waals surface area contributed by atoms with E-state index in [-0.39, 0.29) is 5.56 Å². The Labute approximate surface area is 86.4 Å². The van der Waals surface area contributed by atoms with Crippen LogP contribution in [0.1, 0.15) is 12.5 Å². The van der Waals surface area contributed by atoms with Gasteiger partial charge in [-0.15, -0.1) is 11.3 Å². The highest BCUT2D eigenvalue weighted by Crippen LogP contribution is 2.12. The van der Waals surface area contributed by atoms with E-state index >= 15 is 0 Å². The molecule has 0 aliphatic rings. The second kappa shape index (κ2) is 3.80. The zero-order chi connectivity index (χ0) is 9.97. The second-order valence-electron chi connectivity index (χ2n) is 3.05. The van der Waals surface area contributed by atoms with Crippen molar-refractivity contribution in [1.82, 2.24) is 4.57 Å². The number of rotatable bonds is 2. The van der Waals surface area contributed by atoms with E-state index in [4.69, 9.17) is 0 Å². The number of pyridine rings is 1. The Morgan fingerprint density at radius 3 is 2.86 bits per heavy atom. The van der Waals surface area contributed by atoms with Crippen LogP contribution in [-0.2, 0) is 6.42 Å². The number of hydrogen-bond donors (Lipinski definition) is 0. The smallest absolute Gasteiger partial charge is 0.255 e. The summed E-state index contributed by atoms with van der Waals surface area (Å²) < 4.78 is 1.67. The van der Waals surface area contributed by atoms with Crippen molar-refractivity contribution in [3.05, 3.63) is 51.8 Å². The summed E-state index contributed by atoms with van der Waals surface area (Å²) in [4.78, 5) is 11.7. The molecule has 3 heteroatoms. The molecular weight excluding hydrogens is 194 g/mol. The van der Waals surface area contributed by atoms with Gasteiger partial charge in [0.05, 0.1) is 0 Å². The Hall–Kier alpha value is -1.35. The Balaban J connectivity index is 2.51. The fourth-order valence-electron chi connectivity index (χ4n) is 1.33. The zero-order valence-electron chi connectivity index (χ0n) is 7.93. The molecule has 0 saturated carbocycles. The molecular formula is C11H11NOS. The molecule has 0 unspecified atom stereocenters. The Morgan fingerprint density at radius 2 is 2.29 bits per heavy atom. The summed E-state index contributed by atoms with van der Waals surface area (Å²) >= 11 is 1.57. The molecule has 0 aromatic carbocycles. The molecule has 0 spiro atoms.